The van der Waals surface area contributed by atoms with E-state index in [1.54, 1.807) is 19.0 Å². The molecule has 138 valence electrons. The molecule has 1 N–H and O–H groups in total. The number of likely N-dealkylation sites (tertiary alicyclic amines) is 1. The number of rotatable bonds is 3. The maximum atomic E-state index is 12.3. The smallest absolute Gasteiger partial charge is 0.319 e. The van der Waals surface area contributed by atoms with Crippen LogP contribution in [0.15, 0.2) is 24.3 Å². The van der Waals surface area contributed by atoms with E-state index in [0.717, 1.165) is 25.9 Å². The summed E-state index contributed by atoms with van der Waals surface area (Å²) in [5.74, 6) is 0.413. The second-order valence-electron chi connectivity index (χ2n) is 8.14. The van der Waals surface area contributed by atoms with E-state index in [4.69, 9.17) is 0 Å². The lowest BCUT2D eigenvalue weighted by molar-refractivity contribution is 0.0935. The van der Waals surface area contributed by atoms with Crippen LogP contribution in [0.2, 0.25) is 0 Å². The molecule has 3 amide bonds. The zero-order valence-corrected chi connectivity index (χ0v) is 16.1. The Morgan fingerprint density at radius 3 is 2.16 bits per heavy atom. The van der Waals surface area contributed by atoms with Crippen molar-refractivity contribution in [3.8, 4) is 0 Å². The van der Waals surface area contributed by atoms with Crippen molar-refractivity contribution in [1.29, 1.82) is 0 Å². The number of carbonyl (C=O) groups excluding carboxylic acids is 2. The van der Waals surface area contributed by atoms with Crippen molar-refractivity contribution >= 4 is 11.9 Å². The molecule has 1 heterocycles. The highest BCUT2D eigenvalue weighted by Gasteiger charge is 2.24. The standard InChI is InChI=1S/C20H31N3O2/c1-20(2,3)17-8-6-16(7-9-17)18(24)21-14-15-10-12-23(13-11-15)19(25)22(4)5/h6-9,15H,10-14H2,1-5H3,(H,21,24). The van der Waals surface area contributed by atoms with Crippen molar-refractivity contribution in [1.82, 2.24) is 15.1 Å². The Kier molecular flexibility index (Phi) is 6.09. The maximum absolute atomic E-state index is 12.3. The van der Waals surface area contributed by atoms with E-state index < -0.39 is 0 Å². The Labute approximate surface area is 151 Å². The Bertz CT molecular complexity index is 594. The zero-order valence-electron chi connectivity index (χ0n) is 16.1. The lowest BCUT2D eigenvalue weighted by Gasteiger charge is -2.33. The van der Waals surface area contributed by atoms with Gasteiger partial charge in [-0.2, -0.15) is 0 Å². The van der Waals surface area contributed by atoms with Crippen LogP contribution in [-0.4, -0.2) is 55.5 Å². The van der Waals surface area contributed by atoms with Crippen LogP contribution in [0, 0.1) is 5.92 Å². The van der Waals surface area contributed by atoms with E-state index >= 15 is 0 Å². The first-order valence-electron chi connectivity index (χ1n) is 9.03. The van der Waals surface area contributed by atoms with Gasteiger partial charge in [-0.25, -0.2) is 4.79 Å². The first kappa shape index (κ1) is 19.3. The zero-order chi connectivity index (χ0) is 18.6. The first-order chi connectivity index (χ1) is 11.7. The summed E-state index contributed by atoms with van der Waals surface area (Å²) >= 11 is 0. The van der Waals surface area contributed by atoms with Crippen molar-refractivity contribution in [2.75, 3.05) is 33.7 Å². The van der Waals surface area contributed by atoms with Gasteiger partial charge in [-0.3, -0.25) is 4.79 Å². The SMILES string of the molecule is CN(C)C(=O)N1CCC(CNC(=O)c2ccc(C(C)(C)C)cc2)CC1. The highest BCUT2D eigenvalue weighted by atomic mass is 16.2. The monoisotopic (exact) mass is 345 g/mol. The number of carbonyl (C=O) groups is 2. The molecule has 25 heavy (non-hydrogen) atoms. The quantitative estimate of drug-likeness (QED) is 0.915. The van der Waals surface area contributed by atoms with Gasteiger partial charge in [0.25, 0.3) is 5.91 Å². The summed E-state index contributed by atoms with van der Waals surface area (Å²) in [6, 6.07) is 7.92. The average molecular weight is 345 g/mol. The molecule has 0 radical (unpaired) electrons. The molecule has 1 aliphatic heterocycles. The highest BCUT2D eigenvalue weighted by Crippen LogP contribution is 2.22. The summed E-state index contributed by atoms with van der Waals surface area (Å²) in [7, 11) is 3.55. The fraction of sp³-hybridized carbons (Fsp3) is 0.600. The molecule has 0 aromatic heterocycles. The number of amides is 3. The van der Waals surface area contributed by atoms with Gasteiger partial charge in [0, 0.05) is 39.3 Å². The van der Waals surface area contributed by atoms with Crippen molar-refractivity contribution in [2.24, 2.45) is 5.92 Å². The van der Waals surface area contributed by atoms with Crippen molar-refractivity contribution < 1.29 is 9.59 Å². The minimum Gasteiger partial charge on any atom is -0.352 e. The predicted octanol–water partition coefficient (Wildman–Crippen LogP) is 3.11. The topological polar surface area (TPSA) is 52.7 Å². The van der Waals surface area contributed by atoms with Crippen LogP contribution in [0.4, 0.5) is 4.79 Å². The first-order valence-corrected chi connectivity index (χ1v) is 9.03. The van der Waals surface area contributed by atoms with E-state index in [1.807, 2.05) is 29.2 Å². The summed E-state index contributed by atoms with van der Waals surface area (Å²) in [5, 5.41) is 3.04. The molecule has 1 aliphatic rings. The van der Waals surface area contributed by atoms with Gasteiger partial charge in [-0.15, -0.1) is 0 Å². The second kappa shape index (κ2) is 7.89. The average Bonchev–Trinajstić information content (AvgIpc) is 2.58. The number of urea groups is 1. The Balaban J connectivity index is 1.80. The molecule has 0 bridgehead atoms. The minimum absolute atomic E-state index is 0.0211. The lowest BCUT2D eigenvalue weighted by atomic mass is 9.86. The number of piperidine rings is 1. The van der Waals surface area contributed by atoms with E-state index in [-0.39, 0.29) is 17.4 Å². The Hall–Kier alpha value is -2.04. The highest BCUT2D eigenvalue weighted by molar-refractivity contribution is 5.94. The number of nitrogens with one attached hydrogen (secondary N) is 1. The minimum atomic E-state index is -0.0211. The van der Waals surface area contributed by atoms with E-state index in [2.05, 4.69) is 26.1 Å². The predicted molar refractivity (Wildman–Crippen MR) is 101 cm³/mol. The van der Waals surface area contributed by atoms with Crippen LogP contribution in [-0.2, 0) is 5.41 Å². The van der Waals surface area contributed by atoms with Gasteiger partial charge in [0.2, 0.25) is 0 Å². The molecule has 5 nitrogen and oxygen atoms in total. The van der Waals surface area contributed by atoms with Gasteiger partial charge in [-0.1, -0.05) is 32.9 Å². The fourth-order valence-corrected chi connectivity index (χ4v) is 3.07. The third kappa shape index (κ3) is 5.21. The van der Waals surface area contributed by atoms with Gasteiger partial charge in [-0.05, 0) is 41.9 Å². The van der Waals surface area contributed by atoms with Crippen molar-refractivity contribution in [2.45, 2.75) is 39.0 Å². The molecule has 1 saturated heterocycles. The maximum Gasteiger partial charge on any atom is 0.319 e. The fourth-order valence-electron chi connectivity index (χ4n) is 3.07. The molecule has 0 aliphatic carbocycles. The number of benzene rings is 1. The Morgan fingerprint density at radius 1 is 1.12 bits per heavy atom. The van der Waals surface area contributed by atoms with Crippen LogP contribution in [0.3, 0.4) is 0 Å². The molecule has 2 rings (SSSR count). The van der Waals surface area contributed by atoms with Crippen LogP contribution >= 0.6 is 0 Å². The summed E-state index contributed by atoms with van der Waals surface area (Å²) in [6.07, 6.45) is 1.87. The molecule has 0 atom stereocenters. The summed E-state index contributed by atoms with van der Waals surface area (Å²) < 4.78 is 0. The van der Waals surface area contributed by atoms with Crippen LogP contribution < -0.4 is 5.32 Å². The second-order valence-corrected chi connectivity index (χ2v) is 8.14. The normalized spacial score (nSPS) is 15.8. The molecule has 1 fully saturated rings. The molecule has 5 heteroatoms. The van der Waals surface area contributed by atoms with Crippen LogP contribution in [0.1, 0.15) is 49.5 Å². The molecular weight excluding hydrogens is 314 g/mol. The third-order valence-corrected chi connectivity index (χ3v) is 4.83. The molecule has 0 spiro atoms. The van der Waals surface area contributed by atoms with Gasteiger partial charge in [0.05, 0.1) is 0 Å². The molecule has 0 saturated carbocycles. The van der Waals surface area contributed by atoms with Crippen LogP contribution in [0.5, 0.6) is 0 Å². The van der Waals surface area contributed by atoms with Gasteiger partial charge in [0.15, 0.2) is 0 Å². The van der Waals surface area contributed by atoms with Gasteiger partial charge in [0.1, 0.15) is 0 Å². The van der Waals surface area contributed by atoms with Crippen molar-refractivity contribution in [3.63, 3.8) is 0 Å². The van der Waals surface area contributed by atoms with E-state index in [0.29, 0.717) is 18.0 Å². The van der Waals surface area contributed by atoms with E-state index in [1.165, 1.54) is 5.56 Å². The number of hydrogen-bond acceptors (Lipinski definition) is 2. The molecule has 0 unspecified atom stereocenters. The molecule has 1 aromatic carbocycles. The lowest BCUT2D eigenvalue weighted by Crippen LogP contribution is -2.45. The largest absolute Gasteiger partial charge is 0.352 e. The Morgan fingerprint density at radius 2 is 1.68 bits per heavy atom. The van der Waals surface area contributed by atoms with Crippen molar-refractivity contribution in [3.05, 3.63) is 35.4 Å². The summed E-state index contributed by atoms with van der Waals surface area (Å²) in [6.45, 7) is 8.68. The molecule has 1 aromatic rings. The van der Waals surface area contributed by atoms with Gasteiger partial charge < -0.3 is 15.1 Å². The summed E-state index contributed by atoms with van der Waals surface area (Å²) in [4.78, 5) is 27.8. The number of hydrogen-bond donors (Lipinski definition) is 1. The summed E-state index contributed by atoms with van der Waals surface area (Å²) in [5.41, 5.74) is 2.02. The molecular formula is C20H31N3O2. The van der Waals surface area contributed by atoms with Crippen LogP contribution in [0.25, 0.3) is 0 Å². The third-order valence-electron chi connectivity index (χ3n) is 4.83. The van der Waals surface area contributed by atoms with Gasteiger partial charge >= 0.3 is 6.03 Å². The van der Waals surface area contributed by atoms with E-state index in [9.17, 15) is 9.59 Å². The number of nitrogens with zero attached hydrogens (tertiary/aromatic N) is 2.